The molecule has 1 aliphatic carbocycles. The van der Waals surface area contributed by atoms with Crippen LogP contribution in [-0.4, -0.2) is 51.7 Å². The van der Waals surface area contributed by atoms with Crippen molar-refractivity contribution >= 4 is 40.8 Å². The van der Waals surface area contributed by atoms with Crippen LogP contribution < -0.4 is 15.1 Å². The number of amides is 3. The smallest absolute Gasteiger partial charge is 0.252 e. The number of hydrogen-bond donors (Lipinski definition) is 1. The Hall–Kier alpha value is -4.50. The van der Waals surface area contributed by atoms with E-state index in [2.05, 4.69) is 21.9 Å². The average Bonchev–Trinajstić information content (AvgIpc) is 3.34. The van der Waals surface area contributed by atoms with Crippen molar-refractivity contribution in [1.82, 2.24) is 15.3 Å². The molecule has 1 saturated carbocycles. The second kappa shape index (κ2) is 12.6. The fourth-order valence-corrected chi connectivity index (χ4v) is 4.99. The number of nitriles is 1. The van der Waals surface area contributed by atoms with E-state index in [9.17, 15) is 32.8 Å². The summed E-state index contributed by atoms with van der Waals surface area (Å²) in [6, 6.07) is 1.94. The Labute approximate surface area is 245 Å². The third-order valence-corrected chi connectivity index (χ3v) is 7.21. The highest BCUT2D eigenvalue weighted by atomic mass is 35.5. The van der Waals surface area contributed by atoms with E-state index in [0.717, 1.165) is 28.3 Å². The molecule has 2 aliphatic rings. The minimum absolute atomic E-state index is 0.00712. The molecule has 2 aromatic rings. The monoisotopic (exact) mass is 598 g/mol. The lowest BCUT2D eigenvalue weighted by molar-refractivity contribution is -0.132. The number of rotatable bonds is 9. The lowest BCUT2D eigenvalue weighted by atomic mass is 9.87. The van der Waals surface area contributed by atoms with Gasteiger partial charge in [-0.15, -0.1) is 0 Å². The summed E-state index contributed by atoms with van der Waals surface area (Å²) in [5.41, 5.74) is -0.0499. The molecule has 2 atom stereocenters. The van der Waals surface area contributed by atoms with E-state index >= 15 is 0 Å². The quantitative estimate of drug-likeness (QED) is 0.423. The van der Waals surface area contributed by atoms with Gasteiger partial charge in [0.05, 0.1) is 29.7 Å². The molecule has 3 amide bonds. The summed E-state index contributed by atoms with van der Waals surface area (Å²) in [4.78, 5) is 51.1. The highest BCUT2D eigenvalue weighted by Crippen LogP contribution is 2.38. The third-order valence-electron chi connectivity index (χ3n) is 6.84. The van der Waals surface area contributed by atoms with Gasteiger partial charge < -0.3 is 5.32 Å². The number of carbonyl (C=O) groups is 3. The van der Waals surface area contributed by atoms with Gasteiger partial charge in [0.25, 0.3) is 11.8 Å². The topological polar surface area (TPSA) is 119 Å². The third kappa shape index (κ3) is 6.52. The van der Waals surface area contributed by atoms with Crippen molar-refractivity contribution in [2.75, 3.05) is 9.80 Å². The zero-order valence-electron chi connectivity index (χ0n) is 22.4. The van der Waals surface area contributed by atoms with E-state index in [4.69, 9.17) is 11.6 Å². The predicted molar refractivity (Wildman–Crippen MR) is 149 cm³/mol. The van der Waals surface area contributed by atoms with E-state index in [1.807, 2.05) is 6.07 Å². The molecule has 0 spiro atoms. The molecule has 218 valence electrons. The van der Waals surface area contributed by atoms with Gasteiger partial charge in [-0.25, -0.2) is 18.2 Å². The normalized spacial score (nSPS) is 19.2. The average molecular weight is 599 g/mol. The van der Waals surface area contributed by atoms with Crippen LogP contribution in [0.4, 0.5) is 24.7 Å². The summed E-state index contributed by atoms with van der Waals surface area (Å²) >= 11 is 6.46. The Bertz CT molecular complexity index is 1510. The van der Waals surface area contributed by atoms with E-state index in [1.54, 1.807) is 19.1 Å². The number of nitrogens with one attached hydrogen (secondary N) is 1. The van der Waals surface area contributed by atoms with Crippen LogP contribution in [0, 0.1) is 17.1 Å². The lowest BCUT2D eigenvalue weighted by Crippen LogP contribution is -2.59. The molecule has 42 heavy (non-hydrogen) atoms. The molecule has 3 heterocycles. The molecule has 4 rings (SSSR count). The molecule has 0 radical (unpaired) electrons. The number of pyridine rings is 2. The minimum atomic E-state index is -2.94. The summed E-state index contributed by atoms with van der Waals surface area (Å²) in [5, 5.41) is 11.8. The fourth-order valence-electron chi connectivity index (χ4n) is 4.81. The van der Waals surface area contributed by atoms with Gasteiger partial charge in [0.1, 0.15) is 23.7 Å². The van der Waals surface area contributed by atoms with Crippen molar-refractivity contribution in [3.05, 3.63) is 83.6 Å². The maximum atomic E-state index is 14.4. The first kappa shape index (κ1) is 30.5. The molecular weight excluding hydrogens is 573 g/mol. The van der Waals surface area contributed by atoms with Crippen LogP contribution in [0.5, 0.6) is 0 Å². The van der Waals surface area contributed by atoms with Crippen molar-refractivity contribution in [2.24, 2.45) is 0 Å². The number of aromatic nitrogens is 2. The van der Waals surface area contributed by atoms with Gasteiger partial charge in [-0.2, -0.15) is 5.26 Å². The number of carbonyl (C=O) groups excluding carboxylic acids is 3. The number of allylic oxidation sites excluding steroid dienone is 3. The van der Waals surface area contributed by atoms with Crippen LogP contribution in [0.2, 0.25) is 0 Å². The van der Waals surface area contributed by atoms with Crippen LogP contribution >= 0.6 is 11.6 Å². The molecule has 13 heteroatoms. The zero-order chi connectivity index (χ0) is 30.6. The summed E-state index contributed by atoms with van der Waals surface area (Å²) in [5.74, 6) is -5.90. The molecule has 9 nitrogen and oxygen atoms in total. The summed E-state index contributed by atoms with van der Waals surface area (Å²) in [6.07, 6.45) is 6.77. The van der Waals surface area contributed by atoms with Crippen molar-refractivity contribution < 1.29 is 27.6 Å². The number of halogens is 4. The summed E-state index contributed by atoms with van der Waals surface area (Å²) in [7, 11) is 0. The zero-order valence-corrected chi connectivity index (χ0v) is 23.2. The van der Waals surface area contributed by atoms with Crippen LogP contribution in [0.15, 0.2) is 72.2 Å². The Morgan fingerprint density at radius 3 is 2.71 bits per heavy atom. The van der Waals surface area contributed by atoms with Crippen LogP contribution in [0.1, 0.15) is 38.2 Å². The molecule has 1 N–H and O–H groups in total. The molecule has 0 aromatic carbocycles. The van der Waals surface area contributed by atoms with Gasteiger partial charge in [0.15, 0.2) is 0 Å². The number of hydrogen-bond acceptors (Lipinski definition) is 6. The van der Waals surface area contributed by atoms with Gasteiger partial charge >= 0.3 is 0 Å². The number of alkyl halides is 2. The second-order valence-corrected chi connectivity index (χ2v) is 10.2. The Morgan fingerprint density at radius 2 is 2.07 bits per heavy atom. The minimum Gasteiger partial charge on any atom is -0.351 e. The number of anilines is 2. The van der Waals surface area contributed by atoms with Crippen molar-refractivity contribution in [3.63, 3.8) is 0 Å². The SMILES string of the molecule is C=C(/C(Cl)=C\C=C/C)[C@@H](C(=O)NC1CC(F)(F)C1)N(C(=O)[C@@H]1CCC(=O)N1c1cc(C#N)ccn1)c1cncc(F)c1. The molecule has 1 aliphatic heterocycles. The predicted octanol–water partition coefficient (Wildman–Crippen LogP) is 4.55. The van der Waals surface area contributed by atoms with Gasteiger partial charge in [0.2, 0.25) is 11.8 Å². The van der Waals surface area contributed by atoms with Crippen molar-refractivity contribution in [1.29, 1.82) is 5.26 Å². The standard InChI is InChI=1S/C29H26ClF3N6O3/c1-3-4-5-22(30)17(2)26(27(41)37-20-12-29(32,33)13-20)38(21-11-19(31)15-35-16-21)28(42)23-6-7-25(40)39(23)24-10-18(14-34)8-9-36-24/h3-5,8-11,15-16,20,23,26H,2,6-7,12-13H2,1H3,(H,37,41)/b4-3-,22-5+/t23-,26-/m0/s1. The maximum absolute atomic E-state index is 14.4. The van der Waals surface area contributed by atoms with E-state index in [0.29, 0.717) is 0 Å². The first-order valence-corrected chi connectivity index (χ1v) is 13.3. The van der Waals surface area contributed by atoms with E-state index in [1.165, 1.54) is 24.4 Å². The summed E-state index contributed by atoms with van der Waals surface area (Å²) < 4.78 is 41.6. The molecule has 2 fully saturated rings. The van der Waals surface area contributed by atoms with Crippen LogP contribution in [0.3, 0.4) is 0 Å². The van der Waals surface area contributed by atoms with Gasteiger partial charge in [0, 0.05) is 42.6 Å². The van der Waals surface area contributed by atoms with Gasteiger partial charge in [-0.3, -0.25) is 29.2 Å². The van der Waals surface area contributed by atoms with Crippen LogP contribution in [0.25, 0.3) is 0 Å². The maximum Gasteiger partial charge on any atom is 0.252 e. The van der Waals surface area contributed by atoms with Crippen molar-refractivity contribution in [2.45, 2.75) is 56.7 Å². The first-order chi connectivity index (χ1) is 20.0. The van der Waals surface area contributed by atoms with E-state index in [-0.39, 0.29) is 40.5 Å². The molecule has 0 bridgehead atoms. The molecule has 1 saturated heterocycles. The van der Waals surface area contributed by atoms with Gasteiger partial charge in [-0.1, -0.05) is 30.3 Å². The summed E-state index contributed by atoms with van der Waals surface area (Å²) in [6.45, 7) is 5.64. The Balaban J connectivity index is 1.81. The highest BCUT2D eigenvalue weighted by molar-refractivity contribution is 6.32. The van der Waals surface area contributed by atoms with Crippen LogP contribution in [-0.2, 0) is 14.4 Å². The number of nitrogens with zero attached hydrogens (tertiary/aromatic N) is 5. The second-order valence-electron chi connectivity index (χ2n) is 9.84. The Kier molecular flexibility index (Phi) is 9.11. The van der Waals surface area contributed by atoms with Crippen molar-refractivity contribution in [3.8, 4) is 6.07 Å². The lowest BCUT2D eigenvalue weighted by Gasteiger charge is -2.39. The first-order valence-electron chi connectivity index (χ1n) is 12.9. The largest absolute Gasteiger partial charge is 0.351 e. The Morgan fingerprint density at radius 1 is 1.33 bits per heavy atom. The molecular formula is C29H26ClF3N6O3. The van der Waals surface area contributed by atoms with Gasteiger partial charge in [-0.05, 0) is 37.1 Å². The van der Waals surface area contributed by atoms with E-state index < -0.39 is 60.4 Å². The fraction of sp³-hybridized carbons (Fsp3) is 0.310. The molecule has 0 unspecified atom stereocenters. The highest BCUT2D eigenvalue weighted by Gasteiger charge is 2.48. The molecule has 2 aromatic heterocycles.